The average molecular weight is 416 g/mol. The molecule has 0 saturated heterocycles. The van der Waals surface area contributed by atoms with Crippen LogP contribution in [0.1, 0.15) is 23.9 Å². The van der Waals surface area contributed by atoms with Gasteiger partial charge in [0.1, 0.15) is 11.3 Å². The van der Waals surface area contributed by atoms with Crippen LogP contribution in [0.3, 0.4) is 0 Å². The number of hydrogen-bond donors (Lipinski definition) is 0. The Labute approximate surface area is 167 Å². The van der Waals surface area contributed by atoms with Gasteiger partial charge in [0.05, 0.1) is 5.56 Å². The Morgan fingerprint density at radius 3 is 2.53 bits per heavy atom. The Hall–Kier alpha value is -3.62. The number of aromatic nitrogens is 2. The predicted molar refractivity (Wildman–Crippen MR) is 101 cm³/mol. The van der Waals surface area contributed by atoms with E-state index in [9.17, 15) is 18.0 Å². The molecular weight excluding hydrogens is 401 g/mol. The third kappa shape index (κ3) is 4.05. The van der Waals surface area contributed by atoms with Crippen LogP contribution < -0.4 is 10.4 Å². The van der Waals surface area contributed by atoms with E-state index in [-0.39, 0.29) is 18.3 Å². The van der Waals surface area contributed by atoms with E-state index in [2.05, 4.69) is 10.1 Å². The lowest BCUT2D eigenvalue weighted by atomic mass is 10.1. The second kappa shape index (κ2) is 7.66. The van der Waals surface area contributed by atoms with Crippen LogP contribution in [0.4, 0.5) is 13.2 Å². The van der Waals surface area contributed by atoms with Crippen LogP contribution in [0.15, 0.2) is 62.3 Å². The quantitative estimate of drug-likeness (QED) is 0.426. The summed E-state index contributed by atoms with van der Waals surface area (Å²) in [4.78, 5) is 15.8. The van der Waals surface area contributed by atoms with E-state index < -0.39 is 17.4 Å². The zero-order chi connectivity index (χ0) is 21.3. The Morgan fingerprint density at radius 2 is 1.83 bits per heavy atom. The molecule has 0 aliphatic rings. The molecule has 0 aliphatic heterocycles. The summed E-state index contributed by atoms with van der Waals surface area (Å²) in [7, 11) is 0. The molecule has 6 nitrogen and oxygen atoms in total. The molecule has 4 rings (SSSR count). The lowest BCUT2D eigenvalue weighted by molar-refractivity contribution is -0.137. The predicted octanol–water partition coefficient (Wildman–Crippen LogP) is 5.00. The summed E-state index contributed by atoms with van der Waals surface area (Å²) in [5.41, 5.74) is 0.485. The first-order valence-corrected chi connectivity index (χ1v) is 9.03. The van der Waals surface area contributed by atoms with Gasteiger partial charge < -0.3 is 13.7 Å². The van der Waals surface area contributed by atoms with Gasteiger partial charge >= 0.3 is 11.8 Å². The molecule has 0 unspecified atom stereocenters. The van der Waals surface area contributed by atoms with Crippen molar-refractivity contribution < 1.29 is 26.8 Å². The molecule has 4 aromatic rings. The second-order valence-electron chi connectivity index (χ2n) is 6.48. The van der Waals surface area contributed by atoms with Crippen LogP contribution in [0, 0.1) is 0 Å². The number of nitrogens with zero attached hydrogens (tertiary/aromatic N) is 2. The highest BCUT2D eigenvalue weighted by Gasteiger charge is 2.30. The van der Waals surface area contributed by atoms with Gasteiger partial charge in [0.2, 0.25) is 5.82 Å². The largest absolute Gasteiger partial charge is 0.484 e. The Morgan fingerprint density at radius 1 is 1.07 bits per heavy atom. The van der Waals surface area contributed by atoms with Crippen LogP contribution in [-0.4, -0.2) is 10.1 Å². The number of halogens is 3. The maximum atomic E-state index is 12.7. The molecule has 30 heavy (non-hydrogen) atoms. The van der Waals surface area contributed by atoms with Crippen molar-refractivity contribution in [3.8, 4) is 17.1 Å². The number of alkyl halides is 3. The van der Waals surface area contributed by atoms with Gasteiger partial charge in [0.25, 0.3) is 5.89 Å². The van der Waals surface area contributed by atoms with Gasteiger partial charge in [-0.25, -0.2) is 4.79 Å². The third-order valence-electron chi connectivity index (χ3n) is 4.48. The van der Waals surface area contributed by atoms with Crippen LogP contribution >= 0.6 is 0 Å². The fourth-order valence-electron chi connectivity index (χ4n) is 2.98. The van der Waals surface area contributed by atoms with E-state index in [4.69, 9.17) is 13.7 Å². The molecule has 2 aromatic carbocycles. The van der Waals surface area contributed by atoms with Gasteiger partial charge in [-0.3, -0.25) is 0 Å². The van der Waals surface area contributed by atoms with Crippen LogP contribution in [0.25, 0.3) is 22.4 Å². The standard InChI is InChI=1S/C21H15F3N2O4/c1-2-12-9-19(27)29-17-10-15(7-8-16(12)17)28-11-18-25-20(26-30-18)13-3-5-14(6-4-13)21(22,23)24/h3-10H,2,11H2,1H3. The topological polar surface area (TPSA) is 78.4 Å². The SMILES string of the molecule is CCc1cc(=O)oc2cc(OCc3nc(-c4ccc(C(F)(F)F)cc4)no3)ccc12. The average Bonchev–Trinajstić information content (AvgIpc) is 3.20. The molecular formula is C21H15F3N2O4. The number of ether oxygens (including phenoxy) is 1. The van der Waals surface area contributed by atoms with Gasteiger partial charge in [-0.05, 0) is 36.2 Å². The van der Waals surface area contributed by atoms with Crippen molar-refractivity contribution in [1.82, 2.24) is 10.1 Å². The molecule has 9 heteroatoms. The molecule has 0 fully saturated rings. The summed E-state index contributed by atoms with van der Waals surface area (Å²) in [5.74, 6) is 0.737. The minimum absolute atomic E-state index is 0.0587. The molecule has 0 N–H and O–H groups in total. The zero-order valence-corrected chi connectivity index (χ0v) is 15.7. The van der Waals surface area contributed by atoms with Crippen molar-refractivity contribution in [3.05, 3.63) is 76.0 Å². The summed E-state index contributed by atoms with van der Waals surface area (Å²) in [5, 5.41) is 4.59. The van der Waals surface area contributed by atoms with E-state index in [0.29, 0.717) is 23.3 Å². The molecule has 0 saturated carbocycles. The molecule has 0 radical (unpaired) electrons. The number of benzene rings is 2. The second-order valence-corrected chi connectivity index (χ2v) is 6.48. The minimum atomic E-state index is -4.41. The Balaban J connectivity index is 1.49. The molecule has 0 aliphatic carbocycles. The fraction of sp³-hybridized carbons (Fsp3) is 0.190. The van der Waals surface area contributed by atoms with Gasteiger partial charge in [0, 0.05) is 23.1 Å². The summed E-state index contributed by atoms with van der Waals surface area (Å²) < 4.78 is 53.9. The van der Waals surface area contributed by atoms with Gasteiger partial charge in [-0.1, -0.05) is 24.2 Å². The summed E-state index contributed by atoms with van der Waals surface area (Å²) >= 11 is 0. The van der Waals surface area contributed by atoms with E-state index in [0.717, 1.165) is 23.1 Å². The van der Waals surface area contributed by atoms with Gasteiger partial charge in [-0.2, -0.15) is 18.2 Å². The molecule has 0 spiro atoms. The van der Waals surface area contributed by atoms with Crippen LogP contribution in [0.5, 0.6) is 5.75 Å². The van der Waals surface area contributed by atoms with Crippen molar-refractivity contribution in [2.75, 3.05) is 0 Å². The van der Waals surface area contributed by atoms with Crippen LogP contribution in [0.2, 0.25) is 0 Å². The number of aryl methyl sites for hydroxylation is 1. The Bertz CT molecular complexity index is 1240. The smallest absolute Gasteiger partial charge is 0.416 e. The highest BCUT2D eigenvalue weighted by Crippen LogP contribution is 2.30. The van der Waals surface area contributed by atoms with Gasteiger partial charge in [0.15, 0.2) is 6.61 Å². The zero-order valence-electron chi connectivity index (χ0n) is 15.7. The molecule has 0 amide bonds. The van der Waals surface area contributed by atoms with E-state index in [1.807, 2.05) is 6.92 Å². The number of fused-ring (bicyclic) bond motifs is 1. The molecule has 154 valence electrons. The van der Waals surface area contributed by atoms with Crippen molar-refractivity contribution in [1.29, 1.82) is 0 Å². The molecule has 0 bridgehead atoms. The van der Waals surface area contributed by atoms with E-state index >= 15 is 0 Å². The number of rotatable bonds is 5. The maximum absolute atomic E-state index is 12.7. The lowest BCUT2D eigenvalue weighted by Gasteiger charge is -2.06. The Kier molecular flexibility index (Phi) is 5.03. The fourth-order valence-corrected chi connectivity index (χ4v) is 2.98. The first-order chi connectivity index (χ1) is 14.3. The van der Waals surface area contributed by atoms with Crippen molar-refractivity contribution in [2.45, 2.75) is 26.1 Å². The summed E-state index contributed by atoms with van der Waals surface area (Å²) in [6, 6.07) is 11.0. The minimum Gasteiger partial charge on any atom is -0.484 e. The molecule has 2 heterocycles. The van der Waals surface area contributed by atoms with Crippen molar-refractivity contribution >= 4 is 11.0 Å². The molecule has 2 aromatic heterocycles. The van der Waals surface area contributed by atoms with E-state index in [1.165, 1.54) is 18.2 Å². The summed E-state index contributed by atoms with van der Waals surface area (Å²) in [6.07, 6.45) is -3.72. The van der Waals surface area contributed by atoms with Crippen LogP contribution in [-0.2, 0) is 19.2 Å². The van der Waals surface area contributed by atoms with E-state index in [1.54, 1.807) is 18.2 Å². The normalized spacial score (nSPS) is 11.7. The van der Waals surface area contributed by atoms with Crippen molar-refractivity contribution in [3.63, 3.8) is 0 Å². The lowest BCUT2D eigenvalue weighted by Crippen LogP contribution is -2.04. The number of hydrogen-bond acceptors (Lipinski definition) is 6. The molecule has 0 atom stereocenters. The summed E-state index contributed by atoms with van der Waals surface area (Å²) in [6.45, 7) is 1.89. The first kappa shape index (κ1) is 19.7. The monoisotopic (exact) mass is 416 g/mol. The highest BCUT2D eigenvalue weighted by atomic mass is 19.4. The highest BCUT2D eigenvalue weighted by molar-refractivity contribution is 5.81. The third-order valence-corrected chi connectivity index (χ3v) is 4.48. The van der Waals surface area contributed by atoms with Crippen molar-refractivity contribution in [2.24, 2.45) is 0 Å². The first-order valence-electron chi connectivity index (χ1n) is 9.03. The van der Waals surface area contributed by atoms with Gasteiger partial charge in [-0.15, -0.1) is 0 Å². The maximum Gasteiger partial charge on any atom is 0.416 e.